The summed E-state index contributed by atoms with van der Waals surface area (Å²) in [5.41, 5.74) is 6.70. The Morgan fingerprint density at radius 2 is 2.00 bits per heavy atom. The van der Waals surface area contributed by atoms with E-state index in [2.05, 4.69) is 10.3 Å². The van der Waals surface area contributed by atoms with Crippen molar-refractivity contribution < 1.29 is 9.21 Å². The van der Waals surface area contributed by atoms with Crippen molar-refractivity contribution in [1.29, 1.82) is 0 Å². The Labute approximate surface area is 170 Å². The van der Waals surface area contributed by atoms with Gasteiger partial charge in [-0.15, -0.1) is 36.2 Å². The van der Waals surface area contributed by atoms with Gasteiger partial charge in [0.1, 0.15) is 5.69 Å². The first kappa shape index (κ1) is 21.2. The molecule has 0 saturated heterocycles. The smallest absolute Gasteiger partial charge is 0.271 e. The van der Waals surface area contributed by atoms with Crippen LogP contribution < -0.4 is 11.1 Å². The summed E-state index contributed by atoms with van der Waals surface area (Å²) < 4.78 is 5.39. The molecule has 2 heterocycles. The van der Waals surface area contributed by atoms with E-state index >= 15 is 0 Å². The molecule has 2 unspecified atom stereocenters. The number of carbonyl (C=O) groups excluding carboxylic acids is 1. The summed E-state index contributed by atoms with van der Waals surface area (Å²) in [6, 6.07) is 4.24. The van der Waals surface area contributed by atoms with E-state index in [4.69, 9.17) is 10.2 Å². The van der Waals surface area contributed by atoms with Gasteiger partial charge in [0.15, 0.2) is 10.8 Å². The van der Waals surface area contributed by atoms with Crippen LogP contribution in [0.4, 0.5) is 0 Å². The second-order valence-corrected chi connectivity index (χ2v) is 8.29. The van der Waals surface area contributed by atoms with Crippen LogP contribution in [0.25, 0.3) is 10.8 Å². The molecule has 26 heavy (non-hydrogen) atoms. The number of fused-ring (bicyclic) bond motifs is 2. The summed E-state index contributed by atoms with van der Waals surface area (Å²) in [5.74, 6) is 1.68. The van der Waals surface area contributed by atoms with Crippen LogP contribution >= 0.6 is 36.2 Å². The number of aromatic nitrogens is 1. The summed E-state index contributed by atoms with van der Waals surface area (Å²) in [4.78, 5) is 18.2. The molecule has 0 aromatic carbocycles. The first-order valence-corrected chi connectivity index (χ1v) is 9.51. The fraction of sp³-hybridized carbons (Fsp3) is 0.556. The molecule has 5 nitrogen and oxygen atoms in total. The molecule has 0 spiro atoms. The van der Waals surface area contributed by atoms with Gasteiger partial charge in [0.2, 0.25) is 0 Å². The molecule has 4 rings (SSSR count). The molecular formula is C18H25Cl2N3O2S. The second-order valence-electron chi connectivity index (χ2n) is 7.08. The number of nitrogens with zero attached hydrogens (tertiary/aromatic N) is 1. The number of nitrogens with one attached hydrogen (secondary N) is 1. The molecule has 144 valence electrons. The maximum Gasteiger partial charge on any atom is 0.271 e. The Bertz CT molecular complexity index is 721. The Morgan fingerprint density at radius 1 is 1.31 bits per heavy atom. The van der Waals surface area contributed by atoms with Crippen molar-refractivity contribution in [2.24, 2.45) is 17.6 Å². The Balaban J connectivity index is 0.00000121. The molecule has 2 aromatic heterocycles. The zero-order valence-electron chi connectivity index (χ0n) is 14.6. The van der Waals surface area contributed by atoms with Gasteiger partial charge in [-0.05, 0) is 56.6 Å². The van der Waals surface area contributed by atoms with Crippen molar-refractivity contribution in [3.63, 3.8) is 0 Å². The van der Waals surface area contributed by atoms with Crippen molar-refractivity contribution >= 4 is 42.1 Å². The van der Waals surface area contributed by atoms with E-state index in [0.717, 1.165) is 22.7 Å². The average molecular weight is 418 g/mol. The third-order valence-corrected chi connectivity index (χ3v) is 6.40. The summed E-state index contributed by atoms with van der Waals surface area (Å²) in [5, 5.41) is 4.03. The zero-order valence-corrected chi connectivity index (χ0v) is 17.1. The molecule has 3 N–H and O–H groups in total. The fourth-order valence-electron chi connectivity index (χ4n) is 4.36. The first-order valence-electron chi connectivity index (χ1n) is 8.69. The van der Waals surface area contributed by atoms with Gasteiger partial charge in [0.25, 0.3) is 5.91 Å². The SMILES string of the molecule is Cc1sc(-c2ccco2)nc1C(=O)NC1C2CCCC1CC(N)C2.Cl.Cl. The highest BCUT2D eigenvalue weighted by Crippen LogP contribution is 2.40. The van der Waals surface area contributed by atoms with Gasteiger partial charge in [-0.2, -0.15) is 0 Å². The van der Waals surface area contributed by atoms with E-state index in [9.17, 15) is 4.79 Å². The number of rotatable bonds is 3. The van der Waals surface area contributed by atoms with Crippen molar-refractivity contribution in [1.82, 2.24) is 10.3 Å². The average Bonchev–Trinajstić information content (AvgIpc) is 3.17. The van der Waals surface area contributed by atoms with Crippen LogP contribution in [-0.4, -0.2) is 23.0 Å². The van der Waals surface area contributed by atoms with Crippen LogP contribution in [-0.2, 0) is 0 Å². The normalized spacial score (nSPS) is 27.2. The van der Waals surface area contributed by atoms with E-state index in [-0.39, 0.29) is 36.8 Å². The zero-order chi connectivity index (χ0) is 16.7. The van der Waals surface area contributed by atoms with Gasteiger partial charge in [0.05, 0.1) is 6.26 Å². The lowest BCUT2D eigenvalue weighted by atomic mass is 9.67. The van der Waals surface area contributed by atoms with Crippen LogP contribution in [0.3, 0.4) is 0 Å². The van der Waals surface area contributed by atoms with E-state index < -0.39 is 0 Å². The molecule has 2 saturated carbocycles. The predicted octanol–water partition coefficient (Wildman–Crippen LogP) is 4.19. The molecule has 1 amide bonds. The van der Waals surface area contributed by atoms with E-state index in [0.29, 0.717) is 29.3 Å². The molecule has 2 aromatic rings. The maximum atomic E-state index is 12.8. The lowest BCUT2D eigenvalue weighted by molar-refractivity contribution is 0.0752. The van der Waals surface area contributed by atoms with Gasteiger partial charge in [0, 0.05) is 17.0 Å². The van der Waals surface area contributed by atoms with Gasteiger partial charge in [-0.1, -0.05) is 6.42 Å². The van der Waals surface area contributed by atoms with Gasteiger partial charge in [-0.25, -0.2) is 4.98 Å². The van der Waals surface area contributed by atoms with Gasteiger partial charge < -0.3 is 15.5 Å². The Morgan fingerprint density at radius 3 is 2.62 bits per heavy atom. The Hall–Kier alpha value is -1.08. The van der Waals surface area contributed by atoms with E-state index in [1.807, 2.05) is 19.1 Å². The molecule has 8 heteroatoms. The summed E-state index contributed by atoms with van der Waals surface area (Å²) >= 11 is 1.50. The minimum Gasteiger partial charge on any atom is -0.462 e. The highest BCUT2D eigenvalue weighted by molar-refractivity contribution is 7.15. The standard InChI is InChI=1S/C18H23N3O2S.2ClH/c1-10-15(21-18(24-10)14-6-3-7-23-14)17(22)20-16-11-4-2-5-12(16)9-13(19)8-11;;/h3,6-7,11-13,16H,2,4-5,8-9,19H2,1H3,(H,20,22);2*1H. The van der Waals surface area contributed by atoms with E-state index in [1.54, 1.807) is 6.26 Å². The van der Waals surface area contributed by atoms with Crippen molar-refractivity contribution in [2.45, 2.75) is 51.1 Å². The lowest BCUT2D eigenvalue weighted by Crippen LogP contribution is -2.53. The number of furan rings is 1. The highest BCUT2D eigenvalue weighted by atomic mass is 35.5. The molecule has 0 radical (unpaired) electrons. The van der Waals surface area contributed by atoms with Crippen molar-refractivity contribution in [2.75, 3.05) is 0 Å². The summed E-state index contributed by atoms with van der Waals surface area (Å²) in [7, 11) is 0. The molecule has 2 bridgehead atoms. The number of nitrogens with two attached hydrogens (primary N) is 1. The first-order chi connectivity index (χ1) is 11.6. The topological polar surface area (TPSA) is 81.2 Å². The monoisotopic (exact) mass is 417 g/mol. The maximum absolute atomic E-state index is 12.8. The number of thiazole rings is 1. The summed E-state index contributed by atoms with van der Waals surface area (Å²) in [6.07, 6.45) is 7.26. The Kier molecular flexibility index (Phi) is 7.13. The third kappa shape index (κ3) is 4.09. The quantitative estimate of drug-likeness (QED) is 0.783. The minimum atomic E-state index is -0.0565. The molecule has 0 aliphatic heterocycles. The second kappa shape index (κ2) is 8.74. The van der Waals surface area contributed by atoms with Gasteiger partial charge >= 0.3 is 0 Å². The predicted molar refractivity (Wildman–Crippen MR) is 108 cm³/mol. The minimum absolute atomic E-state index is 0. The number of amides is 1. The van der Waals surface area contributed by atoms with Crippen LogP contribution in [0.15, 0.2) is 22.8 Å². The molecular weight excluding hydrogens is 393 g/mol. The van der Waals surface area contributed by atoms with Crippen LogP contribution in [0, 0.1) is 18.8 Å². The largest absolute Gasteiger partial charge is 0.462 e. The molecule has 2 fully saturated rings. The number of hydrogen-bond donors (Lipinski definition) is 2. The van der Waals surface area contributed by atoms with Crippen LogP contribution in [0.5, 0.6) is 0 Å². The summed E-state index contributed by atoms with van der Waals surface area (Å²) in [6.45, 7) is 1.94. The third-order valence-electron chi connectivity index (χ3n) is 5.42. The fourth-order valence-corrected chi connectivity index (χ4v) is 5.24. The van der Waals surface area contributed by atoms with Crippen molar-refractivity contribution in [3.05, 3.63) is 29.0 Å². The van der Waals surface area contributed by atoms with Gasteiger partial charge in [-0.3, -0.25) is 4.79 Å². The highest BCUT2D eigenvalue weighted by Gasteiger charge is 2.40. The number of aryl methyl sites for hydroxylation is 1. The number of hydrogen-bond acceptors (Lipinski definition) is 5. The van der Waals surface area contributed by atoms with E-state index in [1.165, 1.54) is 30.6 Å². The molecule has 2 aliphatic rings. The number of halogens is 2. The lowest BCUT2D eigenvalue weighted by Gasteiger charge is -2.45. The number of carbonyl (C=O) groups is 1. The van der Waals surface area contributed by atoms with Crippen LogP contribution in [0.2, 0.25) is 0 Å². The van der Waals surface area contributed by atoms with Crippen molar-refractivity contribution in [3.8, 4) is 10.8 Å². The van der Waals surface area contributed by atoms with Crippen LogP contribution in [0.1, 0.15) is 47.5 Å². The molecule has 2 aliphatic carbocycles. The molecule has 2 atom stereocenters.